The Balaban J connectivity index is 1.65. The Hall–Kier alpha value is -2.80. The lowest BCUT2D eigenvalue weighted by Gasteiger charge is -2.17. The molecular weight excluding hydrogens is 350 g/mol. The van der Waals surface area contributed by atoms with Crippen molar-refractivity contribution in [3.8, 4) is 0 Å². The molecular formula is C28H29N. The molecule has 0 aliphatic rings. The van der Waals surface area contributed by atoms with Crippen LogP contribution in [0.4, 0.5) is 5.69 Å². The van der Waals surface area contributed by atoms with E-state index in [0.29, 0.717) is 0 Å². The highest BCUT2D eigenvalue weighted by Gasteiger charge is 2.15. The first-order valence-electron chi connectivity index (χ1n) is 11.2. The predicted molar refractivity (Wildman–Crippen MR) is 129 cm³/mol. The maximum atomic E-state index is 6.31. The zero-order chi connectivity index (χ0) is 19.8. The van der Waals surface area contributed by atoms with Crippen molar-refractivity contribution in [2.45, 2.75) is 51.9 Å². The van der Waals surface area contributed by atoms with Gasteiger partial charge in [0.05, 0.1) is 0 Å². The van der Waals surface area contributed by atoms with E-state index in [0.717, 1.165) is 5.69 Å². The molecule has 0 spiro atoms. The Morgan fingerprint density at radius 1 is 0.552 bits per heavy atom. The van der Waals surface area contributed by atoms with Crippen molar-refractivity contribution in [1.82, 2.24) is 0 Å². The van der Waals surface area contributed by atoms with Crippen LogP contribution in [-0.2, 0) is 6.42 Å². The van der Waals surface area contributed by atoms with Gasteiger partial charge in [-0.25, -0.2) is 0 Å². The molecule has 5 aromatic carbocycles. The van der Waals surface area contributed by atoms with Crippen molar-refractivity contribution >= 4 is 48.8 Å². The van der Waals surface area contributed by atoms with Crippen molar-refractivity contribution < 1.29 is 0 Å². The maximum Gasteiger partial charge on any atom is 0.0394 e. The fraction of sp³-hybridized carbons (Fsp3) is 0.286. The number of hydrogen-bond donors (Lipinski definition) is 1. The molecule has 0 heterocycles. The Morgan fingerprint density at radius 3 is 1.86 bits per heavy atom. The van der Waals surface area contributed by atoms with Crippen LogP contribution < -0.4 is 5.73 Å². The van der Waals surface area contributed by atoms with Gasteiger partial charge in [0.2, 0.25) is 0 Å². The van der Waals surface area contributed by atoms with Crippen LogP contribution in [0.2, 0.25) is 0 Å². The van der Waals surface area contributed by atoms with Crippen LogP contribution in [0.25, 0.3) is 43.1 Å². The van der Waals surface area contributed by atoms with Crippen molar-refractivity contribution in [2.24, 2.45) is 0 Å². The lowest BCUT2D eigenvalue weighted by molar-refractivity contribution is 0.608. The number of nitrogens with two attached hydrogens (primary N) is 1. The summed E-state index contributed by atoms with van der Waals surface area (Å²) in [7, 11) is 0. The van der Waals surface area contributed by atoms with Crippen molar-refractivity contribution in [3.05, 3.63) is 66.2 Å². The summed E-state index contributed by atoms with van der Waals surface area (Å²) < 4.78 is 0. The molecule has 5 aromatic rings. The van der Waals surface area contributed by atoms with E-state index in [1.54, 1.807) is 0 Å². The van der Waals surface area contributed by atoms with Crippen LogP contribution >= 0.6 is 0 Å². The largest absolute Gasteiger partial charge is 0.398 e. The van der Waals surface area contributed by atoms with Gasteiger partial charge in [-0.1, -0.05) is 93.6 Å². The molecule has 0 amide bonds. The third kappa shape index (κ3) is 3.00. The molecule has 2 N–H and O–H groups in total. The van der Waals surface area contributed by atoms with Crippen LogP contribution in [0, 0.1) is 0 Å². The zero-order valence-electron chi connectivity index (χ0n) is 17.3. The Bertz CT molecular complexity index is 1280. The first-order chi connectivity index (χ1) is 14.3. The number of anilines is 1. The summed E-state index contributed by atoms with van der Waals surface area (Å²) in [5, 5.41) is 10.7. The molecule has 0 fully saturated rings. The van der Waals surface area contributed by atoms with Crippen LogP contribution in [0.5, 0.6) is 0 Å². The van der Waals surface area contributed by atoms with Crippen molar-refractivity contribution in [1.29, 1.82) is 0 Å². The van der Waals surface area contributed by atoms with Crippen LogP contribution in [0.3, 0.4) is 0 Å². The number of hydrogen-bond acceptors (Lipinski definition) is 1. The second-order valence-electron chi connectivity index (χ2n) is 8.45. The molecule has 0 saturated carbocycles. The van der Waals surface area contributed by atoms with Crippen LogP contribution in [0.1, 0.15) is 51.0 Å². The second kappa shape index (κ2) is 7.55. The average molecular weight is 380 g/mol. The van der Waals surface area contributed by atoms with Gasteiger partial charge in [-0.2, -0.15) is 0 Å². The topological polar surface area (TPSA) is 26.0 Å². The second-order valence-corrected chi connectivity index (χ2v) is 8.45. The third-order valence-electron chi connectivity index (χ3n) is 6.59. The lowest BCUT2D eigenvalue weighted by Crippen LogP contribution is -1.93. The third-order valence-corrected chi connectivity index (χ3v) is 6.59. The average Bonchev–Trinajstić information content (AvgIpc) is 2.76. The summed E-state index contributed by atoms with van der Waals surface area (Å²) in [4.78, 5) is 0. The zero-order valence-corrected chi connectivity index (χ0v) is 17.3. The van der Waals surface area contributed by atoms with E-state index in [2.05, 4.69) is 67.6 Å². The minimum Gasteiger partial charge on any atom is -0.398 e. The summed E-state index contributed by atoms with van der Waals surface area (Å²) in [6, 6.07) is 22.3. The van der Waals surface area contributed by atoms with Gasteiger partial charge < -0.3 is 5.73 Å². The molecule has 1 nitrogen and oxygen atoms in total. The van der Waals surface area contributed by atoms with Crippen molar-refractivity contribution in [3.63, 3.8) is 0 Å². The van der Waals surface area contributed by atoms with E-state index in [1.807, 2.05) is 0 Å². The summed E-state index contributed by atoms with van der Waals surface area (Å²) in [5.41, 5.74) is 8.67. The SMILES string of the molecule is CCCCCCCCc1ccc2c3cccc4c(N)ccc(c5cccc1c52)c43. The standard InChI is InChI=1S/C28H29N/c1-2-3-4-5-6-7-10-19-15-16-23-22-13-9-14-25-26(29)18-17-24(28(22)25)21-12-8-11-20(19)27(21)23/h8-9,11-18H,2-7,10,29H2,1H3. The fourth-order valence-corrected chi connectivity index (χ4v) is 5.11. The predicted octanol–water partition coefficient (Wildman–Crippen LogP) is 8.22. The number of rotatable bonds is 7. The first-order valence-corrected chi connectivity index (χ1v) is 11.2. The monoisotopic (exact) mass is 379 g/mol. The molecule has 0 aliphatic carbocycles. The molecule has 0 atom stereocenters. The summed E-state index contributed by atoms with van der Waals surface area (Å²) in [6.07, 6.45) is 9.22. The highest BCUT2D eigenvalue weighted by atomic mass is 14.5. The fourth-order valence-electron chi connectivity index (χ4n) is 5.11. The number of fused-ring (bicyclic) bond motifs is 2. The summed E-state index contributed by atoms with van der Waals surface area (Å²) in [5.74, 6) is 0. The van der Waals surface area contributed by atoms with E-state index in [1.165, 1.54) is 93.6 Å². The maximum absolute atomic E-state index is 6.31. The van der Waals surface area contributed by atoms with Gasteiger partial charge in [0, 0.05) is 11.1 Å². The van der Waals surface area contributed by atoms with Gasteiger partial charge in [0.25, 0.3) is 0 Å². The Morgan fingerprint density at radius 2 is 1.10 bits per heavy atom. The first kappa shape index (κ1) is 18.2. The van der Waals surface area contributed by atoms with E-state index in [4.69, 9.17) is 5.73 Å². The van der Waals surface area contributed by atoms with E-state index in [-0.39, 0.29) is 0 Å². The molecule has 0 aliphatic heterocycles. The molecule has 0 aromatic heterocycles. The van der Waals surface area contributed by atoms with Crippen molar-refractivity contribution in [2.75, 3.05) is 5.73 Å². The summed E-state index contributed by atoms with van der Waals surface area (Å²) >= 11 is 0. The molecule has 0 radical (unpaired) electrons. The van der Waals surface area contributed by atoms with Gasteiger partial charge in [0.15, 0.2) is 0 Å². The lowest BCUT2D eigenvalue weighted by atomic mass is 9.87. The molecule has 1 heteroatoms. The van der Waals surface area contributed by atoms with E-state index in [9.17, 15) is 0 Å². The Kier molecular flexibility index (Phi) is 4.75. The van der Waals surface area contributed by atoms with Gasteiger partial charge in [-0.15, -0.1) is 0 Å². The Labute approximate surface area is 172 Å². The number of unbranched alkanes of at least 4 members (excludes halogenated alkanes) is 5. The number of benzene rings is 5. The number of aryl methyl sites for hydroxylation is 1. The molecule has 0 saturated heterocycles. The molecule has 29 heavy (non-hydrogen) atoms. The minimum absolute atomic E-state index is 0.862. The highest BCUT2D eigenvalue weighted by molar-refractivity contribution is 6.34. The molecule has 0 unspecified atom stereocenters. The van der Waals surface area contributed by atoms with Gasteiger partial charge in [-0.3, -0.25) is 0 Å². The number of nitrogen functional groups attached to an aromatic ring is 1. The van der Waals surface area contributed by atoms with Gasteiger partial charge in [0.1, 0.15) is 0 Å². The molecule has 5 rings (SSSR count). The smallest absolute Gasteiger partial charge is 0.0394 e. The highest BCUT2D eigenvalue weighted by Crippen LogP contribution is 2.42. The minimum atomic E-state index is 0.862. The van der Waals surface area contributed by atoms with E-state index < -0.39 is 0 Å². The normalized spacial score (nSPS) is 12.0. The molecule has 0 bridgehead atoms. The van der Waals surface area contributed by atoms with Gasteiger partial charge >= 0.3 is 0 Å². The van der Waals surface area contributed by atoms with Crippen LogP contribution in [0.15, 0.2) is 60.7 Å². The van der Waals surface area contributed by atoms with Crippen LogP contribution in [-0.4, -0.2) is 0 Å². The van der Waals surface area contributed by atoms with E-state index >= 15 is 0 Å². The molecule has 146 valence electrons. The van der Waals surface area contributed by atoms with Gasteiger partial charge in [-0.05, 0) is 62.2 Å². The summed E-state index contributed by atoms with van der Waals surface area (Å²) in [6.45, 7) is 2.28. The quantitative estimate of drug-likeness (QED) is 0.131.